The van der Waals surface area contributed by atoms with E-state index in [4.69, 9.17) is 14.2 Å². The lowest BCUT2D eigenvalue weighted by atomic mass is 9.99. The maximum Gasteiger partial charge on any atom is 0.306 e. The molecule has 0 aromatic heterocycles. The Hall–Kier alpha value is -1.59. The fraction of sp³-hybridized carbons (Fsp3) is 0.955. The highest BCUT2D eigenvalue weighted by atomic mass is 16.6. The molecule has 0 aliphatic heterocycles. The summed E-state index contributed by atoms with van der Waals surface area (Å²) in [5.41, 5.74) is 0. The molecule has 1 unspecified atom stereocenters. The second-order valence-corrected chi connectivity index (χ2v) is 24.0. The van der Waals surface area contributed by atoms with E-state index in [1.807, 2.05) is 0 Å². The highest BCUT2D eigenvalue weighted by Crippen LogP contribution is 2.20. The number of rotatable bonds is 59. The molecule has 428 valence electrons. The lowest BCUT2D eigenvalue weighted by Gasteiger charge is -2.18. The maximum atomic E-state index is 12.9. The number of carbonyl (C=O) groups is 3. The van der Waals surface area contributed by atoms with Gasteiger partial charge in [-0.15, -0.1) is 0 Å². The minimum Gasteiger partial charge on any atom is -0.462 e. The molecule has 0 radical (unpaired) electrons. The predicted molar refractivity (Wildman–Crippen MR) is 312 cm³/mol. The monoisotopic (exact) mass is 1020 g/mol. The standard InChI is InChI=1S/C66H128O6/c1-7-62(6)54-48-42-36-30-24-18-13-15-20-26-32-38-44-50-56-65(68)71-59-63(58-70-64(67)55-49-43-37-31-25-19-14-12-17-23-29-35-41-47-53-61(4)5)72-66(69)57-51-45-39-33-27-21-11-9-8-10-16-22-28-34-40-46-52-60(2)3/h60-63H,7-59H2,1-6H3/t62?,63-/m1/s1. The first-order valence-electron chi connectivity index (χ1n) is 32.6. The summed E-state index contributed by atoms with van der Waals surface area (Å²) in [5, 5.41) is 0. The Morgan fingerprint density at radius 3 is 0.722 bits per heavy atom. The van der Waals surface area contributed by atoms with Gasteiger partial charge in [0.1, 0.15) is 13.2 Å². The van der Waals surface area contributed by atoms with Crippen LogP contribution in [0, 0.1) is 17.8 Å². The van der Waals surface area contributed by atoms with Crippen LogP contribution >= 0.6 is 0 Å². The van der Waals surface area contributed by atoms with Crippen molar-refractivity contribution in [3.05, 3.63) is 0 Å². The van der Waals surface area contributed by atoms with Crippen molar-refractivity contribution in [1.82, 2.24) is 0 Å². The van der Waals surface area contributed by atoms with Crippen LogP contribution in [0.5, 0.6) is 0 Å². The molecule has 72 heavy (non-hydrogen) atoms. The third kappa shape index (κ3) is 57.7. The van der Waals surface area contributed by atoms with E-state index in [9.17, 15) is 14.4 Å². The molecule has 0 amide bonds. The van der Waals surface area contributed by atoms with Crippen LogP contribution in [0.2, 0.25) is 0 Å². The molecule has 0 heterocycles. The average molecular weight is 1020 g/mol. The lowest BCUT2D eigenvalue weighted by Crippen LogP contribution is -2.30. The Kier molecular flexibility index (Phi) is 55.9. The van der Waals surface area contributed by atoms with Gasteiger partial charge in [0.25, 0.3) is 0 Å². The van der Waals surface area contributed by atoms with Crippen molar-refractivity contribution in [3.8, 4) is 0 Å². The molecule has 0 aliphatic carbocycles. The van der Waals surface area contributed by atoms with E-state index in [1.54, 1.807) is 0 Å². The molecule has 0 fully saturated rings. The van der Waals surface area contributed by atoms with E-state index in [2.05, 4.69) is 41.5 Å². The summed E-state index contributed by atoms with van der Waals surface area (Å²) in [6, 6.07) is 0. The molecule has 2 atom stereocenters. The maximum absolute atomic E-state index is 12.9. The first-order valence-corrected chi connectivity index (χ1v) is 32.6. The van der Waals surface area contributed by atoms with Crippen molar-refractivity contribution < 1.29 is 28.6 Å². The van der Waals surface area contributed by atoms with Crippen LogP contribution in [-0.2, 0) is 28.6 Å². The topological polar surface area (TPSA) is 78.9 Å². The smallest absolute Gasteiger partial charge is 0.306 e. The first-order chi connectivity index (χ1) is 35.1. The zero-order valence-electron chi connectivity index (χ0n) is 49.7. The molecule has 6 nitrogen and oxygen atoms in total. The van der Waals surface area contributed by atoms with E-state index >= 15 is 0 Å². The van der Waals surface area contributed by atoms with Gasteiger partial charge in [0.2, 0.25) is 0 Å². The summed E-state index contributed by atoms with van der Waals surface area (Å²) in [4.78, 5) is 38.4. The molecule has 0 saturated heterocycles. The van der Waals surface area contributed by atoms with Crippen LogP contribution < -0.4 is 0 Å². The van der Waals surface area contributed by atoms with Gasteiger partial charge in [-0.2, -0.15) is 0 Å². The zero-order chi connectivity index (χ0) is 52.6. The third-order valence-corrected chi connectivity index (χ3v) is 15.5. The van der Waals surface area contributed by atoms with Crippen molar-refractivity contribution >= 4 is 17.9 Å². The van der Waals surface area contributed by atoms with Gasteiger partial charge in [-0.3, -0.25) is 14.4 Å². The molecule has 0 aromatic rings. The molecule has 0 bridgehead atoms. The average Bonchev–Trinajstić information content (AvgIpc) is 3.36. The summed E-state index contributed by atoms with van der Waals surface area (Å²) in [6.45, 7) is 13.9. The van der Waals surface area contributed by atoms with Crippen molar-refractivity contribution in [2.75, 3.05) is 13.2 Å². The summed E-state index contributed by atoms with van der Waals surface area (Å²) in [7, 11) is 0. The summed E-state index contributed by atoms with van der Waals surface area (Å²) < 4.78 is 17.0. The van der Waals surface area contributed by atoms with Crippen molar-refractivity contribution in [1.29, 1.82) is 0 Å². The Balaban J connectivity index is 4.30. The molecule has 0 N–H and O–H groups in total. The van der Waals surface area contributed by atoms with E-state index in [0.29, 0.717) is 19.3 Å². The first kappa shape index (κ1) is 70.4. The van der Waals surface area contributed by atoms with Crippen LogP contribution in [0.4, 0.5) is 0 Å². The lowest BCUT2D eigenvalue weighted by molar-refractivity contribution is -0.167. The molecule has 6 heteroatoms. The third-order valence-electron chi connectivity index (χ3n) is 15.5. The van der Waals surface area contributed by atoms with Crippen molar-refractivity contribution in [2.45, 2.75) is 375 Å². The minimum atomic E-state index is -0.765. The van der Waals surface area contributed by atoms with Gasteiger partial charge in [0, 0.05) is 19.3 Å². The molecule has 0 saturated carbocycles. The van der Waals surface area contributed by atoms with Crippen LogP contribution in [0.3, 0.4) is 0 Å². The van der Waals surface area contributed by atoms with Crippen molar-refractivity contribution in [3.63, 3.8) is 0 Å². The second kappa shape index (κ2) is 57.1. The molecule has 0 spiro atoms. The number of hydrogen-bond acceptors (Lipinski definition) is 6. The van der Waals surface area contributed by atoms with E-state index < -0.39 is 6.10 Å². The molecular weight excluding hydrogens is 889 g/mol. The highest BCUT2D eigenvalue weighted by molar-refractivity contribution is 5.71. The Morgan fingerprint density at radius 1 is 0.278 bits per heavy atom. The Labute approximate surface area is 450 Å². The Morgan fingerprint density at radius 2 is 0.486 bits per heavy atom. The van der Waals surface area contributed by atoms with Crippen LogP contribution in [0.1, 0.15) is 369 Å². The minimum absolute atomic E-state index is 0.0624. The van der Waals surface area contributed by atoms with Gasteiger partial charge in [0.15, 0.2) is 6.10 Å². The van der Waals surface area contributed by atoms with Crippen molar-refractivity contribution in [2.24, 2.45) is 17.8 Å². The zero-order valence-corrected chi connectivity index (χ0v) is 49.7. The van der Waals surface area contributed by atoms with Crippen LogP contribution in [-0.4, -0.2) is 37.2 Å². The van der Waals surface area contributed by atoms with Crippen LogP contribution in [0.15, 0.2) is 0 Å². The molecule has 0 aliphatic rings. The molecule has 0 rings (SSSR count). The number of ether oxygens (including phenoxy) is 3. The van der Waals surface area contributed by atoms with Gasteiger partial charge in [-0.05, 0) is 37.0 Å². The summed E-state index contributed by atoms with van der Waals surface area (Å²) in [6.07, 6.45) is 62.4. The van der Waals surface area contributed by atoms with Gasteiger partial charge in [0.05, 0.1) is 0 Å². The fourth-order valence-corrected chi connectivity index (χ4v) is 10.2. The van der Waals surface area contributed by atoms with Gasteiger partial charge < -0.3 is 14.2 Å². The second-order valence-electron chi connectivity index (χ2n) is 24.0. The predicted octanol–water partition coefficient (Wildman–Crippen LogP) is 21.8. The quantitative estimate of drug-likeness (QED) is 0.0343. The summed E-state index contributed by atoms with van der Waals surface area (Å²) >= 11 is 0. The van der Waals surface area contributed by atoms with Crippen LogP contribution in [0.25, 0.3) is 0 Å². The van der Waals surface area contributed by atoms with E-state index in [1.165, 1.54) is 250 Å². The van der Waals surface area contributed by atoms with Gasteiger partial charge in [-0.25, -0.2) is 0 Å². The van der Waals surface area contributed by atoms with Gasteiger partial charge >= 0.3 is 17.9 Å². The fourth-order valence-electron chi connectivity index (χ4n) is 10.2. The molecular formula is C66H128O6. The SMILES string of the molecule is CCC(C)CCCCCCCCCCCCCCCCC(=O)OC[C@@H](COC(=O)CCCCCCCCCCCCCCCCC(C)C)OC(=O)CCCCCCCCCCCCCCCCCCC(C)C. The van der Waals surface area contributed by atoms with E-state index in [-0.39, 0.29) is 31.1 Å². The molecule has 0 aromatic carbocycles. The van der Waals surface area contributed by atoms with E-state index in [0.717, 1.165) is 75.5 Å². The number of hydrogen-bond donors (Lipinski definition) is 0. The summed E-state index contributed by atoms with van der Waals surface area (Å²) in [5.74, 6) is 1.76. The Bertz CT molecular complexity index is 1120. The number of esters is 3. The number of unbranched alkanes of at least 4 members (excludes halogenated alkanes) is 41. The largest absolute Gasteiger partial charge is 0.462 e. The van der Waals surface area contributed by atoms with Gasteiger partial charge in [-0.1, -0.05) is 330 Å². The normalized spacial score (nSPS) is 12.5. The highest BCUT2D eigenvalue weighted by Gasteiger charge is 2.19. The number of carbonyl (C=O) groups excluding carboxylic acids is 3.